The molecule has 20 heavy (non-hydrogen) atoms. The van der Waals surface area contributed by atoms with E-state index in [0.717, 1.165) is 25.8 Å². The first-order chi connectivity index (χ1) is 9.51. The van der Waals surface area contributed by atoms with Gasteiger partial charge < -0.3 is 15.7 Å². The highest BCUT2D eigenvalue weighted by Gasteiger charge is 2.40. The molecule has 1 fully saturated rings. The standard InChI is InChI=1S/C16H24N2O2/c1-18(11-9-13-6-3-2-4-7-13)14-8-5-10-16(17,12-14)15(19)20/h2-4,6-7,14H,5,8-12,17H2,1H3,(H,19,20). The Hall–Kier alpha value is -1.39. The van der Waals surface area contributed by atoms with E-state index in [1.165, 1.54) is 5.56 Å². The molecule has 0 spiro atoms. The molecular formula is C16H24N2O2. The molecule has 2 rings (SSSR count). The van der Waals surface area contributed by atoms with Gasteiger partial charge in [0.25, 0.3) is 0 Å². The summed E-state index contributed by atoms with van der Waals surface area (Å²) in [6.45, 7) is 0.935. The summed E-state index contributed by atoms with van der Waals surface area (Å²) in [5.41, 5.74) is 6.29. The third-order valence-electron chi connectivity index (χ3n) is 4.41. The third-order valence-corrected chi connectivity index (χ3v) is 4.41. The monoisotopic (exact) mass is 276 g/mol. The Balaban J connectivity index is 1.89. The molecule has 0 bridgehead atoms. The van der Waals surface area contributed by atoms with Crippen LogP contribution in [0, 0.1) is 0 Å². The van der Waals surface area contributed by atoms with Gasteiger partial charge in [0, 0.05) is 12.6 Å². The van der Waals surface area contributed by atoms with Crippen molar-refractivity contribution in [1.82, 2.24) is 4.90 Å². The van der Waals surface area contributed by atoms with Crippen molar-refractivity contribution in [1.29, 1.82) is 0 Å². The normalized spacial score (nSPS) is 26.6. The summed E-state index contributed by atoms with van der Waals surface area (Å²) in [6.07, 6.45) is 4.05. The van der Waals surface area contributed by atoms with Crippen molar-refractivity contribution in [3.05, 3.63) is 35.9 Å². The van der Waals surface area contributed by atoms with Crippen LogP contribution >= 0.6 is 0 Å². The van der Waals surface area contributed by atoms with E-state index in [0.29, 0.717) is 12.8 Å². The number of carboxylic acid groups (broad SMARTS) is 1. The lowest BCUT2D eigenvalue weighted by Crippen LogP contribution is -2.55. The predicted molar refractivity (Wildman–Crippen MR) is 79.6 cm³/mol. The molecule has 0 saturated heterocycles. The highest BCUT2D eigenvalue weighted by Crippen LogP contribution is 2.29. The van der Waals surface area contributed by atoms with E-state index in [9.17, 15) is 9.90 Å². The quantitative estimate of drug-likeness (QED) is 0.862. The molecule has 4 heteroatoms. The zero-order valence-corrected chi connectivity index (χ0v) is 12.1. The molecule has 0 amide bonds. The average molecular weight is 276 g/mol. The second-order valence-electron chi connectivity index (χ2n) is 5.93. The topological polar surface area (TPSA) is 66.6 Å². The minimum Gasteiger partial charge on any atom is -0.480 e. The fourth-order valence-electron chi connectivity index (χ4n) is 2.98. The van der Waals surface area contributed by atoms with Crippen LogP contribution in [0.15, 0.2) is 30.3 Å². The van der Waals surface area contributed by atoms with Crippen molar-refractivity contribution in [2.24, 2.45) is 5.73 Å². The molecule has 0 aliphatic heterocycles. The zero-order chi connectivity index (χ0) is 14.6. The van der Waals surface area contributed by atoms with Gasteiger partial charge in [0.05, 0.1) is 0 Å². The Morgan fingerprint density at radius 1 is 1.45 bits per heavy atom. The number of carbonyl (C=O) groups is 1. The van der Waals surface area contributed by atoms with Crippen LogP contribution in [0.3, 0.4) is 0 Å². The first kappa shape index (κ1) is 15.0. The summed E-state index contributed by atoms with van der Waals surface area (Å²) in [5, 5.41) is 9.26. The molecule has 1 aliphatic carbocycles. The first-order valence-corrected chi connectivity index (χ1v) is 7.28. The summed E-state index contributed by atoms with van der Waals surface area (Å²) in [7, 11) is 2.07. The number of nitrogens with two attached hydrogens (primary N) is 1. The Morgan fingerprint density at radius 3 is 2.80 bits per heavy atom. The number of carboxylic acids is 1. The first-order valence-electron chi connectivity index (χ1n) is 7.28. The Kier molecular flexibility index (Phi) is 4.78. The molecular weight excluding hydrogens is 252 g/mol. The number of benzene rings is 1. The van der Waals surface area contributed by atoms with E-state index < -0.39 is 11.5 Å². The van der Waals surface area contributed by atoms with E-state index in [2.05, 4.69) is 24.1 Å². The summed E-state index contributed by atoms with van der Waals surface area (Å²) in [4.78, 5) is 13.5. The van der Waals surface area contributed by atoms with Gasteiger partial charge in [-0.3, -0.25) is 4.79 Å². The van der Waals surface area contributed by atoms with Crippen LogP contribution in [0.4, 0.5) is 0 Å². The Morgan fingerprint density at radius 2 is 2.15 bits per heavy atom. The number of aliphatic carboxylic acids is 1. The highest BCUT2D eigenvalue weighted by atomic mass is 16.4. The summed E-state index contributed by atoms with van der Waals surface area (Å²) >= 11 is 0. The number of hydrogen-bond acceptors (Lipinski definition) is 3. The van der Waals surface area contributed by atoms with Gasteiger partial charge in [0.1, 0.15) is 5.54 Å². The maximum atomic E-state index is 11.3. The third kappa shape index (κ3) is 3.58. The van der Waals surface area contributed by atoms with E-state index in [1.54, 1.807) is 0 Å². The smallest absolute Gasteiger partial charge is 0.323 e. The molecule has 1 saturated carbocycles. The van der Waals surface area contributed by atoms with Gasteiger partial charge in [0.2, 0.25) is 0 Å². The molecule has 1 aliphatic rings. The molecule has 0 aromatic heterocycles. The Labute approximate surface area is 120 Å². The van der Waals surface area contributed by atoms with Gasteiger partial charge >= 0.3 is 5.97 Å². The lowest BCUT2D eigenvalue weighted by molar-refractivity contribution is -0.145. The fraction of sp³-hybridized carbons (Fsp3) is 0.562. The maximum absolute atomic E-state index is 11.3. The number of hydrogen-bond donors (Lipinski definition) is 2. The van der Waals surface area contributed by atoms with Crippen molar-refractivity contribution in [3.63, 3.8) is 0 Å². The van der Waals surface area contributed by atoms with Gasteiger partial charge in [-0.15, -0.1) is 0 Å². The van der Waals surface area contributed by atoms with Gasteiger partial charge in [-0.25, -0.2) is 0 Å². The van der Waals surface area contributed by atoms with Gasteiger partial charge in [-0.05, 0) is 44.7 Å². The molecule has 0 radical (unpaired) electrons. The number of rotatable bonds is 5. The molecule has 1 aromatic rings. The highest BCUT2D eigenvalue weighted by molar-refractivity contribution is 5.78. The van der Waals surface area contributed by atoms with E-state index in [1.807, 2.05) is 18.2 Å². The van der Waals surface area contributed by atoms with Crippen molar-refractivity contribution < 1.29 is 9.90 Å². The molecule has 2 unspecified atom stereocenters. The molecule has 4 nitrogen and oxygen atoms in total. The second-order valence-corrected chi connectivity index (χ2v) is 5.93. The van der Waals surface area contributed by atoms with Gasteiger partial charge in [0.15, 0.2) is 0 Å². The van der Waals surface area contributed by atoms with Gasteiger partial charge in [-0.2, -0.15) is 0 Å². The van der Waals surface area contributed by atoms with Crippen LogP contribution in [0.1, 0.15) is 31.2 Å². The second kappa shape index (κ2) is 6.37. The minimum atomic E-state index is -1.04. The molecule has 110 valence electrons. The van der Waals surface area contributed by atoms with Crippen LogP contribution in [-0.2, 0) is 11.2 Å². The van der Waals surface area contributed by atoms with Crippen molar-refractivity contribution >= 4 is 5.97 Å². The maximum Gasteiger partial charge on any atom is 0.323 e. The van der Waals surface area contributed by atoms with Gasteiger partial charge in [-0.1, -0.05) is 30.3 Å². The summed E-state index contributed by atoms with van der Waals surface area (Å²) in [5.74, 6) is -0.862. The van der Waals surface area contributed by atoms with Crippen LogP contribution < -0.4 is 5.73 Å². The minimum absolute atomic E-state index is 0.272. The van der Waals surface area contributed by atoms with Crippen LogP contribution in [0.25, 0.3) is 0 Å². The van der Waals surface area contributed by atoms with Crippen molar-refractivity contribution in [2.75, 3.05) is 13.6 Å². The zero-order valence-electron chi connectivity index (χ0n) is 12.1. The fourth-order valence-corrected chi connectivity index (χ4v) is 2.98. The summed E-state index contributed by atoms with van der Waals surface area (Å²) in [6, 6.07) is 10.6. The average Bonchev–Trinajstić information content (AvgIpc) is 2.46. The molecule has 2 atom stereocenters. The Bertz CT molecular complexity index is 449. The van der Waals surface area contributed by atoms with Crippen LogP contribution in [-0.4, -0.2) is 41.1 Å². The number of nitrogens with zero attached hydrogens (tertiary/aromatic N) is 1. The van der Waals surface area contributed by atoms with Crippen molar-refractivity contribution in [3.8, 4) is 0 Å². The van der Waals surface area contributed by atoms with Crippen LogP contribution in [0.2, 0.25) is 0 Å². The van der Waals surface area contributed by atoms with Crippen molar-refractivity contribution in [2.45, 2.75) is 43.7 Å². The predicted octanol–water partition coefficient (Wildman–Crippen LogP) is 1.89. The largest absolute Gasteiger partial charge is 0.480 e. The van der Waals surface area contributed by atoms with E-state index in [-0.39, 0.29) is 6.04 Å². The van der Waals surface area contributed by atoms with E-state index >= 15 is 0 Å². The lowest BCUT2D eigenvalue weighted by Gasteiger charge is -2.39. The number of likely N-dealkylation sites (N-methyl/N-ethyl adjacent to an activating group) is 1. The SMILES string of the molecule is CN(CCc1ccccc1)C1CCCC(N)(C(=O)O)C1. The molecule has 1 aromatic carbocycles. The van der Waals surface area contributed by atoms with Crippen LogP contribution in [0.5, 0.6) is 0 Å². The lowest BCUT2D eigenvalue weighted by atomic mass is 9.79. The summed E-state index contributed by atoms with van der Waals surface area (Å²) < 4.78 is 0. The van der Waals surface area contributed by atoms with E-state index in [4.69, 9.17) is 5.73 Å². The molecule has 0 heterocycles. The molecule has 3 N–H and O–H groups in total.